The first-order valence-electron chi connectivity index (χ1n) is 7.85. The average Bonchev–Trinajstić information content (AvgIpc) is 2.59. The number of hydrogen-bond acceptors (Lipinski definition) is 5. The van der Waals surface area contributed by atoms with Crippen molar-refractivity contribution in [1.82, 2.24) is 0 Å². The Kier molecular flexibility index (Phi) is 6.43. The summed E-state index contributed by atoms with van der Waals surface area (Å²) in [7, 11) is 0. The van der Waals surface area contributed by atoms with Gasteiger partial charge in [0, 0.05) is 12.6 Å². The molecule has 1 atom stereocenters. The van der Waals surface area contributed by atoms with Crippen molar-refractivity contribution in [2.24, 2.45) is 0 Å². The number of Topliss-reactive ketones (excluding diaryl/α,β-unsaturated/α-hetero) is 1. The van der Waals surface area contributed by atoms with Crippen LogP contribution in [0.3, 0.4) is 0 Å². The number of halogens is 1. The highest BCUT2D eigenvalue weighted by atomic mass is 19.1. The lowest BCUT2D eigenvalue weighted by molar-refractivity contribution is -0.149. The SMILES string of the molecule is CC(=O)Nc1ccc(C(=O)COC(=O)[C@H](C)Oc2ccccc2)c(F)c1. The molecule has 2 rings (SSSR count). The van der Waals surface area contributed by atoms with Crippen LogP contribution in [0.4, 0.5) is 10.1 Å². The molecule has 0 heterocycles. The normalized spacial score (nSPS) is 11.3. The minimum Gasteiger partial charge on any atom is -0.479 e. The summed E-state index contributed by atoms with van der Waals surface area (Å²) in [6, 6.07) is 12.3. The summed E-state index contributed by atoms with van der Waals surface area (Å²) in [5.74, 6) is -2.12. The molecule has 2 aromatic rings. The number of amides is 1. The third kappa shape index (κ3) is 5.41. The number of anilines is 1. The van der Waals surface area contributed by atoms with E-state index in [2.05, 4.69) is 5.32 Å². The van der Waals surface area contributed by atoms with Gasteiger partial charge < -0.3 is 14.8 Å². The third-order valence-electron chi connectivity index (χ3n) is 3.32. The van der Waals surface area contributed by atoms with Crippen LogP contribution in [-0.2, 0) is 14.3 Å². The number of para-hydroxylation sites is 1. The highest BCUT2D eigenvalue weighted by Crippen LogP contribution is 2.16. The number of esters is 1. The second-order valence-corrected chi connectivity index (χ2v) is 5.48. The molecule has 0 unspecified atom stereocenters. The standard InChI is InChI=1S/C19H18FNO5/c1-12(26-15-6-4-3-5-7-15)19(24)25-11-18(23)16-9-8-14(10-17(16)20)21-13(2)22/h3-10,12H,11H2,1-2H3,(H,21,22)/t12-/m0/s1. The number of hydrogen-bond donors (Lipinski definition) is 1. The van der Waals surface area contributed by atoms with Gasteiger partial charge in [-0.3, -0.25) is 9.59 Å². The fourth-order valence-electron chi connectivity index (χ4n) is 2.11. The van der Waals surface area contributed by atoms with Gasteiger partial charge in [0.15, 0.2) is 12.7 Å². The molecular weight excluding hydrogens is 341 g/mol. The Morgan fingerprint density at radius 3 is 2.42 bits per heavy atom. The van der Waals surface area contributed by atoms with Gasteiger partial charge in [-0.05, 0) is 37.3 Å². The maximum atomic E-state index is 14.0. The predicted molar refractivity (Wildman–Crippen MR) is 92.5 cm³/mol. The fraction of sp³-hybridized carbons (Fsp3) is 0.211. The van der Waals surface area contributed by atoms with Gasteiger partial charge in [0.25, 0.3) is 0 Å². The molecule has 0 radical (unpaired) electrons. The lowest BCUT2D eigenvalue weighted by atomic mass is 10.1. The summed E-state index contributed by atoms with van der Waals surface area (Å²) in [5.41, 5.74) is -0.00281. The molecular formula is C19H18FNO5. The largest absolute Gasteiger partial charge is 0.479 e. The van der Waals surface area contributed by atoms with E-state index in [1.54, 1.807) is 30.3 Å². The minimum absolute atomic E-state index is 0.230. The van der Waals surface area contributed by atoms with E-state index >= 15 is 0 Å². The highest BCUT2D eigenvalue weighted by Gasteiger charge is 2.20. The van der Waals surface area contributed by atoms with Crippen molar-refractivity contribution in [3.63, 3.8) is 0 Å². The van der Waals surface area contributed by atoms with Crippen LogP contribution < -0.4 is 10.1 Å². The van der Waals surface area contributed by atoms with Crippen molar-refractivity contribution in [2.75, 3.05) is 11.9 Å². The average molecular weight is 359 g/mol. The summed E-state index contributed by atoms with van der Waals surface area (Å²) in [6.45, 7) is 2.16. The Bertz CT molecular complexity index is 807. The van der Waals surface area contributed by atoms with E-state index < -0.39 is 30.3 Å². The van der Waals surface area contributed by atoms with E-state index in [0.29, 0.717) is 5.75 Å². The van der Waals surface area contributed by atoms with Gasteiger partial charge >= 0.3 is 5.97 Å². The van der Waals surface area contributed by atoms with Gasteiger partial charge in [0.05, 0.1) is 5.56 Å². The molecule has 2 aromatic carbocycles. The second kappa shape index (κ2) is 8.75. The molecule has 0 fully saturated rings. The Hall–Kier alpha value is -3.22. The molecule has 1 N–H and O–H groups in total. The second-order valence-electron chi connectivity index (χ2n) is 5.48. The molecule has 0 spiro atoms. The fourth-order valence-corrected chi connectivity index (χ4v) is 2.11. The number of carbonyl (C=O) groups is 3. The predicted octanol–water partition coefficient (Wildman–Crippen LogP) is 2.98. The molecule has 0 bridgehead atoms. The van der Waals surface area contributed by atoms with E-state index in [9.17, 15) is 18.8 Å². The molecule has 0 aliphatic rings. The van der Waals surface area contributed by atoms with Crippen molar-refractivity contribution in [3.8, 4) is 5.75 Å². The quantitative estimate of drug-likeness (QED) is 0.607. The van der Waals surface area contributed by atoms with Crippen LogP contribution >= 0.6 is 0 Å². The Labute approximate surface area is 149 Å². The van der Waals surface area contributed by atoms with Crippen molar-refractivity contribution in [1.29, 1.82) is 0 Å². The van der Waals surface area contributed by atoms with Crippen LogP contribution in [0.5, 0.6) is 5.75 Å². The first kappa shape index (κ1) is 19.1. The monoisotopic (exact) mass is 359 g/mol. The van der Waals surface area contributed by atoms with E-state index in [-0.39, 0.29) is 17.2 Å². The van der Waals surface area contributed by atoms with Gasteiger partial charge in [0.1, 0.15) is 11.6 Å². The van der Waals surface area contributed by atoms with Crippen LogP contribution in [0.25, 0.3) is 0 Å². The number of carbonyl (C=O) groups excluding carboxylic acids is 3. The topological polar surface area (TPSA) is 81.7 Å². The molecule has 1 amide bonds. The Morgan fingerprint density at radius 1 is 1.12 bits per heavy atom. The molecule has 6 nitrogen and oxygen atoms in total. The minimum atomic E-state index is -0.919. The van der Waals surface area contributed by atoms with E-state index in [0.717, 1.165) is 6.07 Å². The first-order valence-corrected chi connectivity index (χ1v) is 7.85. The van der Waals surface area contributed by atoms with Gasteiger partial charge in [-0.25, -0.2) is 9.18 Å². The van der Waals surface area contributed by atoms with Crippen LogP contribution in [-0.4, -0.2) is 30.4 Å². The van der Waals surface area contributed by atoms with Gasteiger partial charge in [-0.15, -0.1) is 0 Å². The summed E-state index contributed by atoms with van der Waals surface area (Å²) in [4.78, 5) is 34.9. The number of ether oxygens (including phenoxy) is 2. The van der Waals surface area contributed by atoms with Crippen LogP contribution in [0, 0.1) is 5.82 Å². The van der Waals surface area contributed by atoms with Crippen LogP contribution in [0.1, 0.15) is 24.2 Å². The zero-order valence-electron chi connectivity index (χ0n) is 14.3. The Morgan fingerprint density at radius 2 is 1.81 bits per heavy atom. The number of nitrogens with one attached hydrogen (secondary N) is 1. The third-order valence-corrected chi connectivity index (χ3v) is 3.32. The molecule has 0 saturated carbocycles. The molecule has 0 aliphatic carbocycles. The van der Waals surface area contributed by atoms with Gasteiger partial charge in [-0.1, -0.05) is 18.2 Å². The maximum Gasteiger partial charge on any atom is 0.347 e. The zero-order valence-corrected chi connectivity index (χ0v) is 14.3. The lowest BCUT2D eigenvalue weighted by Gasteiger charge is -2.13. The number of benzene rings is 2. The van der Waals surface area contributed by atoms with Crippen LogP contribution in [0.15, 0.2) is 48.5 Å². The van der Waals surface area contributed by atoms with E-state index in [4.69, 9.17) is 9.47 Å². The molecule has 136 valence electrons. The van der Waals surface area contributed by atoms with Gasteiger partial charge in [0.2, 0.25) is 11.7 Å². The van der Waals surface area contributed by atoms with Crippen molar-refractivity contribution >= 4 is 23.3 Å². The van der Waals surface area contributed by atoms with Crippen molar-refractivity contribution in [2.45, 2.75) is 20.0 Å². The summed E-state index contributed by atoms with van der Waals surface area (Å²) >= 11 is 0. The molecule has 0 aliphatic heterocycles. The summed E-state index contributed by atoms with van der Waals surface area (Å²) < 4.78 is 24.3. The zero-order chi connectivity index (χ0) is 19.1. The lowest BCUT2D eigenvalue weighted by Crippen LogP contribution is -2.28. The Balaban J connectivity index is 1.91. The number of ketones is 1. The summed E-state index contributed by atoms with van der Waals surface area (Å²) in [5, 5.41) is 2.41. The molecule has 7 heteroatoms. The molecule has 26 heavy (non-hydrogen) atoms. The first-order chi connectivity index (χ1) is 12.4. The van der Waals surface area contributed by atoms with Crippen LogP contribution in [0.2, 0.25) is 0 Å². The smallest absolute Gasteiger partial charge is 0.347 e. The van der Waals surface area contributed by atoms with Crippen molar-refractivity contribution in [3.05, 3.63) is 59.9 Å². The van der Waals surface area contributed by atoms with E-state index in [1.807, 2.05) is 0 Å². The van der Waals surface area contributed by atoms with Crippen molar-refractivity contribution < 1.29 is 28.2 Å². The molecule has 0 saturated heterocycles. The highest BCUT2D eigenvalue weighted by molar-refractivity contribution is 5.99. The number of rotatable bonds is 7. The maximum absolute atomic E-state index is 14.0. The summed E-state index contributed by atoms with van der Waals surface area (Å²) in [6.07, 6.45) is -0.919. The van der Waals surface area contributed by atoms with E-state index in [1.165, 1.54) is 26.0 Å². The molecule has 0 aromatic heterocycles. The van der Waals surface area contributed by atoms with Gasteiger partial charge in [-0.2, -0.15) is 0 Å².